The molecule has 0 aliphatic carbocycles. The number of imidazole rings is 1. The number of aromatic nitrogens is 6. The van der Waals surface area contributed by atoms with Crippen molar-refractivity contribution in [1.29, 1.82) is 0 Å². The number of anilines is 3. The second kappa shape index (κ2) is 12.2. The van der Waals surface area contributed by atoms with E-state index in [0.717, 1.165) is 31.4 Å². The average molecular weight is 616 g/mol. The van der Waals surface area contributed by atoms with E-state index in [1.54, 1.807) is 30.3 Å². The maximum Gasteiger partial charge on any atom is 0.258 e. The summed E-state index contributed by atoms with van der Waals surface area (Å²) in [6.45, 7) is 1.52. The van der Waals surface area contributed by atoms with Crippen LogP contribution >= 0.6 is 24.4 Å². The molecule has 3 aromatic heterocycles. The first-order valence-corrected chi connectivity index (χ1v) is 14.6. The Kier molecular flexibility index (Phi) is 8.07. The van der Waals surface area contributed by atoms with Gasteiger partial charge in [0.1, 0.15) is 23.1 Å². The highest BCUT2D eigenvalue weighted by molar-refractivity contribution is 7.71. The number of unbranched alkanes of at least 4 members (excludes halogenated alkanes) is 2. The second-order valence-corrected chi connectivity index (χ2v) is 10.9. The van der Waals surface area contributed by atoms with E-state index in [4.69, 9.17) is 33.9 Å². The fourth-order valence-electron chi connectivity index (χ4n) is 5.37. The van der Waals surface area contributed by atoms with Crippen LogP contribution in [-0.4, -0.2) is 43.2 Å². The third-order valence-electron chi connectivity index (χ3n) is 7.37. The Balaban J connectivity index is 1.32. The quantitative estimate of drug-likeness (QED) is 0.116. The first kappa shape index (κ1) is 28.4. The molecule has 0 unspecified atom stereocenters. The number of aromatic amines is 4. The monoisotopic (exact) mass is 615 g/mol. The van der Waals surface area contributed by atoms with Gasteiger partial charge in [-0.3, -0.25) is 24.5 Å². The van der Waals surface area contributed by atoms with Crippen molar-refractivity contribution in [3.05, 3.63) is 114 Å². The van der Waals surface area contributed by atoms with Crippen LogP contribution in [0.25, 0.3) is 0 Å². The van der Waals surface area contributed by atoms with Crippen molar-refractivity contribution in [2.45, 2.75) is 31.7 Å². The van der Waals surface area contributed by atoms with Gasteiger partial charge in [-0.15, -0.1) is 0 Å². The topological polar surface area (TPSA) is 137 Å². The molecule has 0 amide bonds. The van der Waals surface area contributed by atoms with Crippen molar-refractivity contribution in [2.75, 3.05) is 18.6 Å². The molecule has 13 heteroatoms. The number of H-pyrrole nitrogens is 4. The van der Waals surface area contributed by atoms with Gasteiger partial charge in [0.2, 0.25) is 0 Å². The number of nitrogens with zero attached hydrogens (tertiary/aromatic N) is 3. The molecule has 6 rings (SSSR count). The molecule has 2 aromatic carbocycles. The third kappa shape index (κ3) is 5.81. The van der Waals surface area contributed by atoms with Crippen LogP contribution in [0.4, 0.5) is 17.3 Å². The summed E-state index contributed by atoms with van der Waals surface area (Å²) in [6, 6.07) is 14.7. The van der Waals surface area contributed by atoms with Gasteiger partial charge < -0.3 is 24.0 Å². The summed E-state index contributed by atoms with van der Waals surface area (Å²) in [7, 11) is 1.58. The van der Waals surface area contributed by atoms with Crippen molar-refractivity contribution in [1.82, 2.24) is 29.5 Å². The largest absolute Gasteiger partial charge is 0.497 e. The molecule has 11 nitrogen and oxygen atoms in total. The maximum absolute atomic E-state index is 13.5. The number of ether oxygens (including phenoxy) is 2. The predicted molar refractivity (Wildman–Crippen MR) is 168 cm³/mol. The Labute approximate surface area is 256 Å². The standard InChI is InChI=1S/C30H29N7O4S2/c1-40-20-11-7-19(8-12-20)37-25-23(27(38)34-29(42)32-25)22(24-26(37)33-30(43)35-28(24)39)18-5-9-21(10-6-18)41-16-4-2-3-14-36-15-13-31-17-36/h5-13,15,17,22H,2-4,14,16H2,1H3,(H2,32,34,38,42)(H2,33,35,39,43). The molecule has 1 aliphatic rings. The van der Waals surface area contributed by atoms with E-state index in [0.29, 0.717) is 46.6 Å². The van der Waals surface area contributed by atoms with Crippen LogP contribution in [0.3, 0.4) is 0 Å². The molecule has 0 radical (unpaired) electrons. The smallest absolute Gasteiger partial charge is 0.258 e. The van der Waals surface area contributed by atoms with Crippen LogP contribution in [0.5, 0.6) is 11.5 Å². The van der Waals surface area contributed by atoms with Gasteiger partial charge in [0, 0.05) is 24.6 Å². The van der Waals surface area contributed by atoms with Gasteiger partial charge in [-0.1, -0.05) is 12.1 Å². The zero-order valence-corrected chi connectivity index (χ0v) is 24.9. The third-order valence-corrected chi connectivity index (χ3v) is 7.78. The van der Waals surface area contributed by atoms with Gasteiger partial charge in [0.15, 0.2) is 9.54 Å². The summed E-state index contributed by atoms with van der Waals surface area (Å²) in [6.07, 6.45) is 8.56. The Morgan fingerprint density at radius 1 is 0.814 bits per heavy atom. The number of benzene rings is 2. The number of methoxy groups -OCH3 is 1. The van der Waals surface area contributed by atoms with Crippen LogP contribution in [0.1, 0.15) is 41.9 Å². The molecular formula is C30H29N7O4S2. The first-order chi connectivity index (χ1) is 20.9. The van der Waals surface area contributed by atoms with Gasteiger partial charge in [0.05, 0.1) is 37.1 Å². The van der Waals surface area contributed by atoms with E-state index in [2.05, 4.69) is 29.5 Å². The van der Waals surface area contributed by atoms with Crippen LogP contribution in [0.15, 0.2) is 76.8 Å². The first-order valence-electron chi connectivity index (χ1n) is 13.8. The summed E-state index contributed by atoms with van der Waals surface area (Å²) >= 11 is 10.7. The molecule has 5 aromatic rings. The fraction of sp³-hybridized carbons (Fsp3) is 0.233. The highest BCUT2D eigenvalue weighted by atomic mass is 32.1. The number of aryl methyl sites for hydroxylation is 1. The molecule has 1 aliphatic heterocycles. The normalized spacial score (nSPS) is 12.5. The Morgan fingerprint density at radius 2 is 1.44 bits per heavy atom. The molecule has 0 fully saturated rings. The van der Waals surface area contributed by atoms with Crippen molar-refractivity contribution in [3.8, 4) is 11.5 Å². The molecule has 0 saturated carbocycles. The fourth-order valence-corrected chi connectivity index (χ4v) is 5.75. The van der Waals surface area contributed by atoms with Gasteiger partial charge in [-0.05, 0) is 85.7 Å². The summed E-state index contributed by atoms with van der Waals surface area (Å²) in [5, 5.41) is 0. The molecule has 4 heterocycles. The van der Waals surface area contributed by atoms with Crippen molar-refractivity contribution < 1.29 is 9.47 Å². The SMILES string of the molecule is COc1ccc(N2c3[nH]c(=S)[nH]c(=O)c3C(c3ccc(OCCCCCn4ccnc4)cc3)c3c2[nH]c(=S)[nH]c3=O)cc1. The van der Waals surface area contributed by atoms with E-state index < -0.39 is 17.0 Å². The van der Waals surface area contributed by atoms with Crippen LogP contribution in [-0.2, 0) is 6.54 Å². The van der Waals surface area contributed by atoms with Crippen molar-refractivity contribution in [2.24, 2.45) is 0 Å². The number of rotatable bonds is 10. The minimum Gasteiger partial charge on any atom is -0.497 e. The lowest BCUT2D eigenvalue weighted by atomic mass is 9.83. The van der Waals surface area contributed by atoms with E-state index in [9.17, 15) is 9.59 Å². The van der Waals surface area contributed by atoms with Gasteiger partial charge >= 0.3 is 0 Å². The van der Waals surface area contributed by atoms with E-state index in [-0.39, 0.29) is 9.54 Å². The van der Waals surface area contributed by atoms with E-state index >= 15 is 0 Å². The van der Waals surface area contributed by atoms with Crippen molar-refractivity contribution in [3.63, 3.8) is 0 Å². The maximum atomic E-state index is 13.5. The zero-order valence-electron chi connectivity index (χ0n) is 23.3. The minimum atomic E-state index is -0.720. The highest BCUT2D eigenvalue weighted by Crippen LogP contribution is 2.47. The molecule has 0 saturated heterocycles. The molecule has 4 N–H and O–H groups in total. The summed E-state index contributed by atoms with van der Waals surface area (Å²) in [5.41, 5.74) is 1.30. The lowest BCUT2D eigenvalue weighted by Crippen LogP contribution is -2.35. The molecule has 0 atom stereocenters. The number of fused-ring (bicyclic) bond motifs is 2. The summed E-state index contributed by atoms with van der Waals surface area (Å²) < 4.78 is 13.7. The summed E-state index contributed by atoms with van der Waals surface area (Å²) in [5.74, 6) is 1.51. The Bertz CT molecular complexity index is 1890. The van der Waals surface area contributed by atoms with E-state index in [1.807, 2.05) is 48.9 Å². The predicted octanol–water partition coefficient (Wildman–Crippen LogP) is 5.60. The molecule has 220 valence electrons. The Hall–Kier alpha value is -4.75. The molecule has 0 spiro atoms. The number of hydrogen-bond donors (Lipinski definition) is 4. The van der Waals surface area contributed by atoms with Gasteiger partial charge in [0.25, 0.3) is 11.1 Å². The van der Waals surface area contributed by atoms with Gasteiger partial charge in [-0.2, -0.15) is 0 Å². The van der Waals surface area contributed by atoms with Crippen LogP contribution in [0.2, 0.25) is 0 Å². The lowest BCUT2D eigenvalue weighted by molar-refractivity contribution is 0.303. The van der Waals surface area contributed by atoms with Crippen LogP contribution < -0.4 is 25.5 Å². The zero-order chi connectivity index (χ0) is 29.9. The number of hydrogen-bond acceptors (Lipinski definition) is 8. The average Bonchev–Trinajstić information content (AvgIpc) is 3.52. The Morgan fingerprint density at radius 3 is 2.02 bits per heavy atom. The van der Waals surface area contributed by atoms with E-state index in [1.165, 1.54) is 0 Å². The van der Waals surface area contributed by atoms with Crippen molar-refractivity contribution >= 4 is 41.8 Å². The molecular weight excluding hydrogens is 587 g/mol. The second-order valence-electron chi connectivity index (χ2n) is 10.1. The van der Waals surface area contributed by atoms with Gasteiger partial charge in [-0.25, -0.2) is 4.98 Å². The lowest BCUT2D eigenvalue weighted by Gasteiger charge is -2.35. The minimum absolute atomic E-state index is 0.154. The number of nitrogens with one attached hydrogen (secondary N) is 4. The highest BCUT2D eigenvalue weighted by Gasteiger charge is 2.38. The summed E-state index contributed by atoms with van der Waals surface area (Å²) in [4.78, 5) is 44.6. The molecule has 0 bridgehead atoms. The van der Waals surface area contributed by atoms with Crippen LogP contribution in [0, 0.1) is 9.54 Å². The molecule has 43 heavy (non-hydrogen) atoms.